The van der Waals surface area contributed by atoms with E-state index in [1.54, 1.807) is 4.68 Å². The minimum atomic E-state index is 1.05. The number of hydrogen-bond donors (Lipinski definition) is 1. The van der Waals surface area contributed by atoms with Crippen molar-refractivity contribution in [2.24, 2.45) is 0 Å². The smallest absolute Gasteiger partial charge is 0.0771 e. The zero-order valence-corrected chi connectivity index (χ0v) is 10.9. The van der Waals surface area contributed by atoms with Gasteiger partial charge in [0.25, 0.3) is 0 Å². The van der Waals surface area contributed by atoms with Crippen LogP contribution in [-0.2, 0) is 0 Å². The molecule has 1 heterocycles. The van der Waals surface area contributed by atoms with E-state index >= 15 is 0 Å². The van der Waals surface area contributed by atoms with Gasteiger partial charge in [0.05, 0.1) is 5.69 Å². The van der Waals surface area contributed by atoms with E-state index in [-0.39, 0.29) is 0 Å². The van der Waals surface area contributed by atoms with Gasteiger partial charge in [-0.2, -0.15) is 0 Å². The number of hydrogen-bond acceptors (Lipinski definition) is 1. The molecule has 0 saturated carbocycles. The first-order valence-electron chi connectivity index (χ1n) is 6.35. The van der Waals surface area contributed by atoms with E-state index in [9.17, 15) is 0 Å². The van der Waals surface area contributed by atoms with Crippen LogP contribution in [0, 0.1) is 6.92 Å². The van der Waals surface area contributed by atoms with Crippen LogP contribution >= 0.6 is 0 Å². The van der Waals surface area contributed by atoms with Crippen LogP contribution in [0.15, 0.2) is 66.7 Å². The summed E-state index contributed by atoms with van der Waals surface area (Å²) in [5.74, 6) is 6.19. The van der Waals surface area contributed by atoms with Crippen molar-refractivity contribution in [3.63, 3.8) is 0 Å². The fourth-order valence-corrected chi connectivity index (χ4v) is 2.38. The van der Waals surface area contributed by atoms with Gasteiger partial charge in [0, 0.05) is 16.8 Å². The molecule has 0 amide bonds. The second kappa shape index (κ2) is 4.65. The van der Waals surface area contributed by atoms with E-state index in [0.717, 1.165) is 17.0 Å². The van der Waals surface area contributed by atoms with Crippen LogP contribution in [0.3, 0.4) is 0 Å². The molecular formula is C17H16N2. The fourth-order valence-electron chi connectivity index (χ4n) is 2.38. The predicted molar refractivity (Wildman–Crippen MR) is 80.2 cm³/mol. The van der Waals surface area contributed by atoms with Crippen molar-refractivity contribution in [1.29, 1.82) is 0 Å². The first kappa shape index (κ1) is 11.6. The predicted octanol–water partition coefficient (Wildman–Crippen LogP) is 3.84. The van der Waals surface area contributed by atoms with Gasteiger partial charge in [0.2, 0.25) is 0 Å². The van der Waals surface area contributed by atoms with Crippen molar-refractivity contribution in [2.75, 3.05) is 5.84 Å². The lowest BCUT2D eigenvalue weighted by Crippen LogP contribution is -2.11. The second-order valence-corrected chi connectivity index (χ2v) is 4.65. The third kappa shape index (κ3) is 2.02. The van der Waals surface area contributed by atoms with Crippen molar-refractivity contribution in [3.8, 4) is 22.4 Å². The summed E-state index contributed by atoms with van der Waals surface area (Å²) < 4.78 is 1.76. The van der Waals surface area contributed by atoms with Crippen molar-refractivity contribution in [1.82, 2.24) is 4.68 Å². The first-order valence-corrected chi connectivity index (χ1v) is 6.35. The summed E-state index contributed by atoms with van der Waals surface area (Å²) in [4.78, 5) is 0. The number of aryl methyl sites for hydroxylation is 1. The molecule has 2 N–H and O–H groups in total. The van der Waals surface area contributed by atoms with Gasteiger partial charge in [0.1, 0.15) is 0 Å². The van der Waals surface area contributed by atoms with Gasteiger partial charge >= 0.3 is 0 Å². The zero-order valence-electron chi connectivity index (χ0n) is 10.9. The highest BCUT2D eigenvalue weighted by atomic mass is 15.3. The molecule has 0 bridgehead atoms. The molecule has 94 valence electrons. The summed E-state index contributed by atoms with van der Waals surface area (Å²) in [6.45, 7) is 2.03. The summed E-state index contributed by atoms with van der Waals surface area (Å²) in [5, 5.41) is 0. The minimum absolute atomic E-state index is 1.05. The van der Waals surface area contributed by atoms with E-state index in [1.807, 2.05) is 43.3 Å². The molecular weight excluding hydrogens is 232 g/mol. The minimum Gasteiger partial charge on any atom is -0.339 e. The van der Waals surface area contributed by atoms with Gasteiger partial charge in [-0.25, -0.2) is 0 Å². The van der Waals surface area contributed by atoms with Crippen LogP contribution in [-0.4, -0.2) is 4.68 Å². The maximum atomic E-state index is 6.19. The molecule has 3 aromatic rings. The number of nitrogens with two attached hydrogens (primary N) is 1. The van der Waals surface area contributed by atoms with Crippen LogP contribution in [0.1, 0.15) is 5.69 Å². The molecule has 2 heteroatoms. The first-order chi connectivity index (χ1) is 9.27. The van der Waals surface area contributed by atoms with Crippen LogP contribution in [0.4, 0.5) is 0 Å². The summed E-state index contributed by atoms with van der Waals surface area (Å²) in [7, 11) is 0. The topological polar surface area (TPSA) is 30.9 Å². The van der Waals surface area contributed by atoms with E-state index < -0.39 is 0 Å². The molecule has 0 radical (unpaired) electrons. The molecule has 0 aliphatic rings. The molecule has 1 aromatic heterocycles. The third-order valence-corrected chi connectivity index (χ3v) is 3.36. The maximum absolute atomic E-state index is 6.19. The quantitative estimate of drug-likeness (QED) is 0.686. The SMILES string of the molecule is Cc1cc(-c2ccccc2)c(-c2ccccc2)n1N. The second-order valence-electron chi connectivity index (χ2n) is 4.65. The Bertz CT molecular complexity index is 682. The van der Waals surface area contributed by atoms with Crippen LogP contribution in [0.25, 0.3) is 22.4 Å². The molecule has 0 aliphatic carbocycles. The molecule has 0 aliphatic heterocycles. The van der Waals surface area contributed by atoms with Crippen LogP contribution in [0.5, 0.6) is 0 Å². The number of aromatic nitrogens is 1. The Balaban J connectivity index is 2.25. The third-order valence-electron chi connectivity index (χ3n) is 3.36. The lowest BCUT2D eigenvalue weighted by molar-refractivity contribution is 0.970. The van der Waals surface area contributed by atoms with Gasteiger partial charge in [-0.1, -0.05) is 60.7 Å². The van der Waals surface area contributed by atoms with Gasteiger partial charge in [-0.05, 0) is 18.6 Å². The van der Waals surface area contributed by atoms with Gasteiger partial charge in [0.15, 0.2) is 0 Å². The highest BCUT2D eigenvalue weighted by molar-refractivity contribution is 5.82. The van der Waals surface area contributed by atoms with E-state index in [1.165, 1.54) is 11.1 Å². The standard InChI is InChI=1S/C17H16N2/c1-13-12-16(14-8-4-2-5-9-14)17(19(13)18)15-10-6-3-7-11-15/h2-12H,18H2,1H3. The largest absolute Gasteiger partial charge is 0.339 e. The van der Waals surface area contributed by atoms with Crippen molar-refractivity contribution < 1.29 is 0 Å². The normalized spacial score (nSPS) is 10.6. The maximum Gasteiger partial charge on any atom is 0.0771 e. The molecule has 0 atom stereocenters. The zero-order chi connectivity index (χ0) is 13.2. The molecule has 0 saturated heterocycles. The summed E-state index contributed by atoms with van der Waals surface area (Å²) >= 11 is 0. The molecule has 2 aromatic carbocycles. The molecule has 0 fully saturated rings. The van der Waals surface area contributed by atoms with E-state index in [2.05, 4.69) is 30.3 Å². The lowest BCUT2D eigenvalue weighted by atomic mass is 10.0. The highest BCUT2D eigenvalue weighted by Crippen LogP contribution is 2.33. The average Bonchev–Trinajstić information content (AvgIpc) is 2.77. The van der Waals surface area contributed by atoms with Crippen molar-refractivity contribution in [3.05, 3.63) is 72.4 Å². The Hall–Kier alpha value is -2.48. The van der Waals surface area contributed by atoms with Gasteiger partial charge in [-0.3, -0.25) is 4.68 Å². The number of nitrogen functional groups attached to an aromatic ring is 1. The van der Waals surface area contributed by atoms with Crippen LogP contribution in [0.2, 0.25) is 0 Å². The Morgan fingerprint density at radius 2 is 1.32 bits per heavy atom. The fraction of sp³-hybridized carbons (Fsp3) is 0.0588. The monoisotopic (exact) mass is 248 g/mol. The Morgan fingerprint density at radius 3 is 1.89 bits per heavy atom. The Labute approximate surface area is 113 Å². The number of rotatable bonds is 2. The highest BCUT2D eigenvalue weighted by Gasteiger charge is 2.14. The van der Waals surface area contributed by atoms with Crippen molar-refractivity contribution in [2.45, 2.75) is 6.92 Å². The Morgan fingerprint density at radius 1 is 0.789 bits per heavy atom. The van der Waals surface area contributed by atoms with Crippen LogP contribution < -0.4 is 5.84 Å². The molecule has 3 rings (SSSR count). The lowest BCUT2D eigenvalue weighted by Gasteiger charge is -2.08. The summed E-state index contributed by atoms with van der Waals surface area (Å²) in [6, 6.07) is 22.7. The Kier molecular flexibility index (Phi) is 2.84. The van der Waals surface area contributed by atoms with Crippen molar-refractivity contribution >= 4 is 0 Å². The molecule has 0 unspecified atom stereocenters. The molecule has 0 spiro atoms. The average molecular weight is 248 g/mol. The number of benzene rings is 2. The van der Waals surface area contributed by atoms with E-state index in [4.69, 9.17) is 5.84 Å². The van der Waals surface area contributed by atoms with E-state index in [0.29, 0.717) is 0 Å². The number of nitrogens with zero attached hydrogens (tertiary/aromatic N) is 1. The summed E-state index contributed by atoms with van der Waals surface area (Å²) in [6.07, 6.45) is 0. The van der Waals surface area contributed by atoms with Gasteiger partial charge in [-0.15, -0.1) is 0 Å². The molecule has 19 heavy (non-hydrogen) atoms. The molecule has 2 nitrogen and oxygen atoms in total. The summed E-state index contributed by atoms with van der Waals surface area (Å²) in [5.41, 5.74) is 5.61. The van der Waals surface area contributed by atoms with Gasteiger partial charge < -0.3 is 5.84 Å².